The Balaban J connectivity index is 1.70. The van der Waals surface area contributed by atoms with E-state index in [1.807, 2.05) is 29.1 Å². The van der Waals surface area contributed by atoms with Crippen LogP contribution < -0.4 is 0 Å². The summed E-state index contributed by atoms with van der Waals surface area (Å²) >= 11 is 1.58. The van der Waals surface area contributed by atoms with Gasteiger partial charge >= 0.3 is 0 Å². The van der Waals surface area contributed by atoms with Crippen LogP contribution in [0.1, 0.15) is 19.0 Å². The molecule has 90 valence electrons. The maximum Gasteiger partial charge on any atom is 0.193 e. The zero-order chi connectivity index (χ0) is 11.8. The molecular weight excluding hydrogens is 236 g/mol. The fraction of sp³-hybridized carbons (Fsp3) is 0.500. The molecule has 1 aliphatic rings. The Morgan fingerprint density at radius 3 is 3.29 bits per heavy atom. The molecular formula is C12H14N2O2S. The molecule has 0 aliphatic carbocycles. The number of aromatic nitrogens is 2. The van der Waals surface area contributed by atoms with Crippen molar-refractivity contribution in [2.24, 2.45) is 5.92 Å². The van der Waals surface area contributed by atoms with Crippen LogP contribution in [0.5, 0.6) is 0 Å². The fourth-order valence-corrected chi connectivity index (χ4v) is 2.94. The highest BCUT2D eigenvalue weighted by Gasteiger charge is 2.28. The number of rotatable bonds is 3. The molecule has 2 atom stereocenters. The van der Waals surface area contributed by atoms with Crippen molar-refractivity contribution in [2.45, 2.75) is 25.9 Å². The van der Waals surface area contributed by atoms with Crippen molar-refractivity contribution in [3.8, 4) is 0 Å². The number of imidazole rings is 1. The minimum atomic E-state index is 0.0599. The van der Waals surface area contributed by atoms with E-state index >= 15 is 0 Å². The van der Waals surface area contributed by atoms with E-state index < -0.39 is 0 Å². The first kappa shape index (κ1) is 10.9. The first-order valence-electron chi connectivity index (χ1n) is 5.78. The molecule has 2 aromatic heterocycles. The second-order valence-corrected chi connectivity index (χ2v) is 5.42. The maximum atomic E-state index is 12.0. The number of ether oxygens (including phenoxy) is 1. The van der Waals surface area contributed by atoms with Gasteiger partial charge in [0.1, 0.15) is 5.78 Å². The minimum absolute atomic E-state index is 0.0599. The summed E-state index contributed by atoms with van der Waals surface area (Å²) in [4.78, 5) is 17.4. The Morgan fingerprint density at radius 1 is 1.71 bits per heavy atom. The van der Waals surface area contributed by atoms with Crippen LogP contribution in [0, 0.1) is 5.92 Å². The van der Waals surface area contributed by atoms with Crippen molar-refractivity contribution in [1.29, 1.82) is 0 Å². The molecule has 0 amide bonds. The van der Waals surface area contributed by atoms with Gasteiger partial charge in [0.05, 0.1) is 24.8 Å². The monoisotopic (exact) mass is 250 g/mol. The lowest BCUT2D eigenvalue weighted by atomic mass is 9.98. The smallest absolute Gasteiger partial charge is 0.193 e. The number of ketones is 1. The maximum absolute atomic E-state index is 12.0. The molecule has 3 heterocycles. The quantitative estimate of drug-likeness (QED) is 0.836. The number of hydrogen-bond donors (Lipinski definition) is 0. The average Bonchev–Trinajstić information content (AvgIpc) is 2.92. The normalized spacial score (nSPS) is 24.5. The van der Waals surface area contributed by atoms with Crippen LogP contribution in [-0.2, 0) is 16.0 Å². The van der Waals surface area contributed by atoms with Crippen molar-refractivity contribution in [3.05, 3.63) is 23.5 Å². The number of hydrogen-bond acceptors (Lipinski definition) is 4. The summed E-state index contributed by atoms with van der Waals surface area (Å²) in [6.07, 6.45) is 5.38. The first-order valence-corrected chi connectivity index (χ1v) is 6.66. The van der Waals surface area contributed by atoms with Gasteiger partial charge in [0.2, 0.25) is 0 Å². The van der Waals surface area contributed by atoms with Gasteiger partial charge in [-0.15, -0.1) is 11.3 Å². The summed E-state index contributed by atoms with van der Waals surface area (Å²) in [5.74, 6) is 0.310. The van der Waals surface area contributed by atoms with Crippen LogP contribution >= 0.6 is 11.3 Å². The first-order chi connectivity index (χ1) is 8.22. The van der Waals surface area contributed by atoms with E-state index in [9.17, 15) is 4.79 Å². The number of Topliss-reactive ketones (excluding diaryl/α,β-unsaturated/α-hetero) is 1. The molecule has 2 unspecified atom stereocenters. The lowest BCUT2D eigenvalue weighted by Crippen LogP contribution is -2.17. The van der Waals surface area contributed by atoms with Crippen LogP contribution in [0.3, 0.4) is 0 Å². The van der Waals surface area contributed by atoms with E-state index in [2.05, 4.69) is 4.98 Å². The molecule has 0 spiro atoms. The number of nitrogens with zero attached hydrogens (tertiary/aromatic N) is 2. The van der Waals surface area contributed by atoms with E-state index in [0.717, 1.165) is 17.1 Å². The van der Waals surface area contributed by atoms with Gasteiger partial charge in [-0.1, -0.05) is 0 Å². The molecule has 0 bridgehead atoms. The van der Waals surface area contributed by atoms with Gasteiger partial charge in [-0.25, -0.2) is 4.98 Å². The summed E-state index contributed by atoms with van der Waals surface area (Å²) in [6.45, 7) is 2.59. The van der Waals surface area contributed by atoms with Crippen molar-refractivity contribution < 1.29 is 9.53 Å². The van der Waals surface area contributed by atoms with Crippen LogP contribution in [0.2, 0.25) is 0 Å². The second-order valence-electron chi connectivity index (χ2n) is 4.54. The third-order valence-corrected chi connectivity index (χ3v) is 3.92. The largest absolute Gasteiger partial charge is 0.378 e. The van der Waals surface area contributed by atoms with Crippen molar-refractivity contribution in [2.75, 3.05) is 6.61 Å². The van der Waals surface area contributed by atoms with Crippen LogP contribution in [0.4, 0.5) is 0 Å². The predicted octanol–water partition coefficient (Wildman–Crippen LogP) is 1.93. The third kappa shape index (κ3) is 2.12. The number of fused-ring (bicyclic) bond motifs is 1. The van der Waals surface area contributed by atoms with E-state index in [4.69, 9.17) is 4.74 Å². The molecule has 5 heteroatoms. The summed E-state index contributed by atoms with van der Waals surface area (Å²) in [6, 6.07) is 0. The number of thiazole rings is 1. The summed E-state index contributed by atoms with van der Waals surface area (Å²) < 4.78 is 7.38. The molecule has 3 rings (SSSR count). The molecule has 0 radical (unpaired) electrons. The Bertz CT molecular complexity index is 517. The van der Waals surface area contributed by atoms with E-state index in [-0.39, 0.29) is 17.8 Å². The molecule has 4 nitrogen and oxygen atoms in total. The molecule has 17 heavy (non-hydrogen) atoms. The topological polar surface area (TPSA) is 43.6 Å². The summed E-state index contributed by atoms with van der Waals surface area (Å²) in [5, 5.41) is 1.99. The molecule has 0 N–H and O–H groups in total. The van der Waals surface area contributed by atoms with Crippen LogP contribution in [0.25, 0.3) is 4.96 Å². The van der Waals surface area contributed by atoms with E-state index in [1.165, 1.54) is 0 Å². The van der Waals surface area contributed by atoms with Crippen molar-refractivity contribution in [3.63, 3.8) is 0 Å². The van der Waals surface area contributed by atoms with Gasteiger partial charge in [0.25, 0.3) is 0 Å². The van der Waals surface area contributed by atoms with Gasteiger partial charge in [-0.3, -0.25) is 9.20 Å². The van der Waals surface area contributed by atoms with E-state index in [1.54, 1.807) is 11.3 Å². The van der Waals surface area contributed by atoms with Gasteiger partial charge in [-0.2, -0.15) is 0 Å². The Hall–Kier alpha value is -1.20. The van der Waals surface area contributed by atoms with Gasteiger partial charge in [-0.05, 0) is 13.3 Å². The molecule has 2 aromatic rings. The summed E-state index contributed by atoms with van der Waals surface area (Å²) in [5.41, 5.74) is 0.862. The summed E-state index contributed by atoms with van der Waals surface area (Å²) in [7, 11) is 0. The molecule has 0 saturated carbocycles. The molecule has 1 saturated heterocycles. The lowest BCUT2D eigenvalue weighted by molar-refractivity contribution is -0.122. The third-order valence-electron chi connectivity index (χ3n) is 3.15. The Labute approximate surface area is 103 Å². The lowest BCUT2D eigenvalue weighted by Gasteiger charge is -2.04. The zero-order valence-corrected chi connectivity index (χ0v) is 10.4. The number of carbonyl (C=O) groups excluding carboxylic acids is 1. The molecule has 0 aromatic carbocycles. The second kappa shape index (κ2) is 4.23. The predicted molar refractivity (Wildman–Crippen MR) is 65.3 cm³/mol. The molecule has 1 aliphatic heterocycles. The number of carbonyl (C=O) groups is 1. The van der Waals surface area contributed by atoms with Gasteiger partial charge in [0, 0.05) is 23.7 Å². The Morgan fingerprint density at radius 2 is 2.59 bits per heavy atom. The SMILES string of the molecule is CC1CC(C(=O)Cc2cn3ccsc3n2)CO1. The standard InChI is InChI=1S/C12H14N2O2S/c1-8-4-9(7-16-8)11(15)5-10-6-14-2-3-17-12(14)13-10/h2-3,6,8-9H,4-5,7H2,1H3. The average molecular weight is 250 g/mol. The highest BCUT2D eigenvalue weighted by atomic mass is 32.1. The Kier molecular flexibility index (Phi) is 2.72. The van der Waals surface area contributed by atoms with Crippen molar-refractivity contribution >= 4 is 22.1 Å². The van der Waals surface area contributed by atoms with E-state index in [0.29, 0.717) is 13.0 Å². The minimum Gasteiger partial charge on any atom is -0.378 e. The van der Waals surface area contributed by atoms with Crippen LogP contribution in [0.15, 0.2) is 17.8 Å². The van der Waals surface area contributed by atoms with Crippen molar-refractivity contribution in [1.82, 2.24) is 9.38 Å². The highest BCUT2D eigenvalue weighted by Crippen LogP contribution is 2.21. The fourth-order valence-electron chi connectivity index (χ4n) is 2.23. The van der Waals surface area contributed by atoms with Gasteiger partial charge < -0.3 is 4.74 Å². The van der Waals surface area contributed by atoms with Crippen LogP contribution in [-0.4, -0.2) is 27.9 Å². The highest BCUT2D eigenvalue weighted by molar-refractivity contribution is 7.15. The zero-order valence-electron chi connectivity index (χ0n) is 9.63. The van der Waals surface area contributed by atoms with Gasteiger partial charge in [0.15, 0.2) is 4.96 Å². The molecule has 1 fully saturated rings.